The van der Waals surface area contributed by atoms with E-state index in [1.54, 1.807) is 7.11 Å². The second-order valence-electron chi connectivity index (χ2n) is 4.26. The maximum Gasteiger partial charge on any atom is 0.175 e. The number of piperazine rings is 1. The number of rotatable bonds is 2. The lowest BCUT2D eigenvalue weighted by Gasteiger charge is -2.33. The van der Waals surface area contributed by atoms with Gasteiger partial charge < -0.3 is 15.1 Å². The van der Waals surface area contributed by atoms with Gasteiger partial charge in [-0.05, 0) is 6.92 Å². The molecule has 0 aromatic heterocycles. The Kier molecular flexibility index (Phi) is 3.98. The van der Waals surface area contributed by atoms with Gasteiger partial charge >= 0.3 is 0 Å². The first-order valence-electron chi connectivity index (χ1n) is 5.96. The van der Waals surface area contributed by atoms with E-state index in [-0.39, 0.29) is 0 Å². The molecule has 1 N–H and O–H groups in total. The maximum absolute atomic E-state index is 4.97. The number of amidine groups is 1. The van der Waals surface area contributed by atoms with E-state index in [9.17, 15) is 0 Å². The largest absolute Gasteiger partial charge is 0.397 e. The average molecular weight is 233 g/mol. The van der Waals surface area contributed by atoms with Crippen LogP contribution in [0.3, 0.4) is 0 Å². The second kappa shape index (κ2) is 5.68. The third-order valence-electron chi connectivity index (χ3n) is 2.88. The highest BCUT2D eigenvalue weighted by molar-refractivity contribution is 5.98. The van der Waals surface area contributed by atoms with Crippen molar-refractivity contribution in [1.82, 2.24) is 10.2 Å². The van der Waals surface area contributed by atoms with E-state index in [2.05, 4.69) is 34.4 Å². The molecule has 1 aromatic carbocycles. The van der Waals surface area contributed by atoms with Crippen molar-refractivity contribution in [3.8, 4) is 0 Å². The quantitative estimate of drug-likeness (QED) is 0.475. The molecule has 0 spiro atoms. The minimum atomic E-state index is 0.481. The second-order valence-corrected chi connectivity index (χ2v) is 4.26. The smallest absolute Gasteiger partial charge is 0.175 e. The van der Waals surface area contributed by atoms with Gasteiger partial charge in [-0.15, -0.1) is 0 Å². The van der Waals surface area contributed by atoms with E-state index < -0.39 is 0 Å². The first-order valence-corrected chi connectivity index (χ1v) is 5.96. The molecule has 0 radical (unpaired) electrons. The summed E-state index contributed by atoms with van der Waals surface area (Å²) in [6, 6.07) is 10.6. The summed E-state index contributed by atoms with van der Waals surface area (Å²) in [5, 5.41) is 7.59. The molecule has 17 heavy (non-hydrogen) atoms. The normalized spacial score (nSPS) is 21.4. The highest BCUT2D eigenvalue weighted by Crippen LogP contribution is 2.09. The molecule has 92 valence electrons. The fourth-order valence-electron chi connectivity index (χ4n) is 2.09. The zero-order valence-corrected chi connectivity index (χ0v) is 10.4. The molecule has 0 bridgehead atoms. The van der Waals surface area contributed by atoms with Crippen molar-refractivity contribution in [2.24, 2.45) is 5.16 Å². The van der Waals surface area contributed by atoms with Crippen LogP contribution in [0.25, 0.3) is 0 Å². The number of hydrogen-bond donors (Lipinski definition) is 1. The molecule has 1 saturated heterocycles. The molecular weight excluding hydrogens is 214 g/mol. The molecule has 0 aliphatic carbocycles. The van der Waals surface area contributed by atoms with Crippen LogP contribution in [0, 0.1) is 0 Å². The van der Waals surface area contributed by atoms with Crippen molar-refractivity contribution in [2.75, 3.05) is 26.7 Å². The lowest BCUT2D eigenvalue weighted by molar-refractivity contribution is 0.201. The van der Waals surface area contributed by atoms with E-state index >= 15 is 0 Å². The van der Waals surface area contributed by atoms with Crippen LogP contribution in [0.5, 0.6) is 0 Å². The van der Waals surface area contributed by atoms with E-state index in [1.165, 1.54) is 0 Å². The van der Waals surface area contributed by atoms with E-state index in [1.807, 2.05) is 18.2 Å². The van der Waals surface area contributed by atoms with Gasteiger partial charge in [0.25, 0.3) is 0 Å². The van der Waals surface area contributed by atoms with Crippen LogP contribution >= 0.6 is 0 Å². The minimum absolute atomic E-state index is 0.481. The Morgan fingerprint density at radius 2 is 2.18 bits per heavy atom. The fourth-order valence-corrected chi connectivity index (χ4v) is 2.09. The predicted molar refractivity (Wildman–Crippen MR) is 69.0 cm³/mol. The molecule has 1 atom stereocenters. The summed E-state index contributed by atoms with van der Waals surface area (Å²) < 4.78 is 0. The van der Waals surface area contributed by atoms with Crippen molar-refractivity contribution in [3.05, 3.63) is 35.9 Å². The van der Waals surface area contributed by atoms with Gasteiger partial charge in [0.15, 0.2) is 5.84 Å². The summed E-state index contributed by atoms with van der Waals surface area (Å²) >= 11 is 0. The van der Waals surface area contributed by atoms with Crippen molar-refractivity contribution >= 4 is 5.84 Å². The molecule has 0 saturated carbocycles. The van der Waals surface area contributed by atoms with E-state index in [0.29, 0.717) is 6.04 Å². The first-order chi connectivity index (χ1) is 8.31. The summed E-state index contributed by atoms with van der Waals surface area (Å²) in [7, 11) is 1.59. The summed E-state index contributed by atoms with van der Waals surface area (Å²) in [6.45, 7) is 5.08. The molecule has 1 aromatic rings. The van der Waals surface area contributed by atoms with Gasteiger partial charge in [-0.25, -0.2) is 0 Å². The third kappa shape index (κ3) is 2.97. The Morgan fingerprint density at radius 1 is 1.41 bits per heavy atom. The van der Waals surface area contributed by atoms with Gasteiger partial charge in [-0.2, -0.15) is 0 Å². The van der Waals surface area contributed by atoms with Crippen molar-refractivity contribution in [3.63, 3.8) is 0 Å². The minimum Gasteiger partial charge on any atom is -0.397 e. The van der Waals surface area contributed by atoms with Crippen molar-refractivity contribution < 1.29 is 4.84 Å². The van der Waals surface area contributed by atoms with Crippen LogP contribution in [-0.4, -0.2) is 43.5 Å². The Hall–Kier alpha value is -1.55. The fraction of sp³-hybridized carbons (Fsp3) is 0.462. The van der Waals surface area contributed by atoms with E-state index in [0.717, 1.165) is 31.0 Å². The Bertz CT molecular complexity index is 378. The zero-order chi connectivity index (χ0) is 12.1. The molecule has 1 aliphatic rings. The summed E-state index contributed by atoms with van der Waals surface area (Å²) in [6.07, 6.45) is 0. The number of oxime groups is 1. The molecule has 0 amide bonds. The van der Waals surface area contributed by atoms with Crippen LogP contribution in [0.2, 0.25) is 0 Å². The maximum atomic E-state index is 4.97. The van der Waals surface area contributed by atoms with Gasteiger partial charge in [0.1, 0.15) is 7.11 Å². The first kappa shape index (κ1) is 11.9. The lowest BCUT2D eigenvalue weighted by Crippen LogP contribution is -2.51. The van der Waals surface area contributed by atoms with Crippen molar-refractivity contribution in [1.29, 1.82) is 0 Å². The van der Waals surface area contributed by atoms with Crippen molar-refractivity contribution in [2.45, 2.75) is 13.0 Å². The predicted octanol–water partition coefficient (Wildman–Crippen LogP) is 1.29. The molecule has 1 heterocycles. The Morgan fingerprint density at radius 3 is 2.82 bits per heavy atom. The molecule has 1 fully saturated rings. The topological polar surface area (TPSA) is 36.9 Å². The average Bonchev–Trinajstić information content (AvgIpc) is 2.37. The highest BCUT2D eigenvalue weighted by Gasteiger charge is 2.20. The highest BCUT2D eigenvalue weighted by atomic mass is 16.6. The number of benzene rings is 1. The van der Waals surface area contributed by atoms with Crippen LogP contribution in [0.4, 0.5) is 0 Å². The van der Waals surface area contributed by atoms with Gasteiger partial charge in [0.2, 0.25) is 0 Å². The number of nitrogens with zero attached hydrogens (tertiary/aromatic N) is 2. The van der Waals surface area contributed by atoms with Crippen LogP contribution in [0.1, 0.15) is 12.5 Å². The molecule has 4 heteroatoms. The van der Waals surface area contributed by atoms with Gasteiger partial charge in [-0.1, -0.05) is 35.5 Å². The van der Waals surface area contributed by atoms with Crippen LogP contribution in [-0.2, 0) is 4.84 Å². The van der Waals surface area contributed by atoms with Gasteiger partial charge in [0, 0.05) is 31.2 Å². The van der Waals surface area contributed by atoms with E-state index in [4.69, 9.17) is 4.84 Å². The summed E-state index contributed by atoms with van der Waals surface area (Å²) in [5.74, 6) is 0.918. The third-order valence-corrected chi connectivity index (χ3v) is 2.88. The molecule has 2 rings (SSSR count). The zero-order valence-electron chi connectivity index (χ0n) is 10.4. The number of hydrogen-bond acceptors (Lipinski definition) is 3. The molecule has 1 unspecified atom stereocenters. The SMILES string of the molecule is CON=C(c1ccccc1)N1CCNC(C)C1. The number of nitrogens with one attached hydrogen (secondary N) is 1. The van der Waals surface area contributed by atoms with Gasteiger partial charge in [-0.3, -0.25) is 0 Å². The Balaban J connectivity index is 2.21. The Labute approximate surface area is 102 Å². The standard InChI is InChI=1S/C13H19N3O/c1-11-10-16(9-8-14-11)13(15-17-2)12-6-4-3-5-7-12/h3-7,11,14H,8-10H2,1-2H3. The monoisotopic (exact) mass is 233 g/mol. The summed E-state index contributed by atoms with van der Waals surface area (Å²) in [4.78, 5) is 7.24. The lowest BCUT2D eigenvalue weighted by atomic mass is 10.1. The van der Waals surface area contributed by atoms with Gasteiger partial charge in [0.05, 0.1) is 0 Å². The van der Waals surface area contributed by atoms with Crippen LogP contribution in [0.15, 0.2) is 35.5 Å². The summed E-state index contributed by atoms with van der Waals surface area (Å²) in [5.41, 5.74) is 1.10. The molecular formula is C13H19N3O. The molecule has 1 aliphatic heterocycles. The van der Waals surface area contributed by atoms with Crippen LogP contribution < -0.4 is 5.32 Å². The molecule has 4 nitrogen and oxygen atoms in total.